The number of hydrogen-bond donors (Lipinski definition) is 1. The van der Waals surface area contributed by atoms with Crippen molar-refractivity contribution in [3.8, 4) is 0 Å². The third-order valence-corrected chi connectivity index (χ3v) is 5.05. The molecule has 0 spiro atoms. The lowest BCUT2D eigenvalue weighted by molar-refractivity contribution is -0.138. The van der Waals surface area contributed by atoms with Crippen LogP contribution >= 0.6 is 0 Å². The number of hydrogen-bond acceptors (Lipinski definition) is 3. The number of pyridine rings is 1. The Morgan fingerprint density at radius 2 is 1.79 bits per heavy atom. The highest BCUT2D eigenvalue weighted by molar-refractivity contribution is 5.97. The summed E-state index contributed by atoms with van der Waals surface area (Å²) >= 11 is 0. The fourth-order valence-corrected chi connectivity index (χ4v) is 3.44. The molecule has 1 aromatic heterocycles. The second-order valence-corrected chi connectivity index (χ2v) is 7.10. The van der Waals surface area contributed by atoms with E-state index in [-0.39, 0.29) is 24.9 Å². The first-order valence-electron chi connectivity index (χ1n) is 9.05. The minimum absolute atomic E-state index is 0.0611. The van der Waals surface area contributed by atoms with Crippen LogP contribution in [0.1, 0.15) is 40.0 Å². The van der Waals surface area contributed by atoms with E-state index in [1.54, 1.807) is 6.07 Å². The molecule has 1 atom stereocenters. The highest BCUT2D eigenvalue weighted by Crippen LogP contribution is 2.33. The van der Waals surface area contributed by atoms with E-state index in [9.17, 15) is 22.8 Å². The van der Waals surface area contributed by atoms with Gasteiger partial charge in [-0.3, -0.25) is 14.6 Å². The predicted octanol–water partition coefficient (Wildman–Crippen LogP) is 2.95. The van der Waals surface area contributed by atoms with Crippen LogP contribution in [0.4, 0.5) is 13.2 Å². The first-order valence-corrected chi connectivity index (χ1v) is 9.05. The van der Waals surface area contributed by atoms with E-state index in [4.69, 9.17) is 0 Å². The monoisotopic (exact) mass is 389 g/mol. The van der Waals surface area contributed by atoms with Gasteiger partial charge in [0.25, 0.3) is 5.91 Å². The van der Waals surface area contributed by atoms with Crippen molar-refractivity contribution in [2.24, 2.45) is 0 Å². The third kappa shape index (κ3) is 3.58. The van der Waals surface area contributed by atoms with E-state index >= 15 is 0 Å². The molecule has 1 N–H and O–H groups in total. The summed E-state index contributed by atoms with van der Waals surface area (Å²) in [4.78, 5) is 30.7. The molecule has 1 aliphatic carbocycles. The van der Waals surface area contributed by atoms with E-state index in [1.807, 2.05) is 18.2 Å². The molecule has 0 saturated heterocycles. The zero-order valence-corrected chi connectivity index (χ0v) is 14.9. The predicted molar refractivity (Wildman–Crippen MR) is 94.2 cm³/mol. The quantitative estimate of drug-likeness (QED) is 0.878. The van der Waals surface area contributed by atoms with Crippen LogP contribution in [0, 0.1) is 0 Å². The van der Waals surface area contributed by atoms with Gasteiger partial charge < -0.3 is 10.2 Å². The lowest BCUT2D eigenvalue weighted by Gasteiger charge is -2.36. The van der Waals surface area contributed by atoms with Crippen LogP contribution in [0.5, 0.6) is 0 Å². The van der Waals surface area contributed by atoms with Crippen molar-refractivity contribution in [1.82, 2.24) is 15.2 Å². The van der Waals surface area contributed by atoms with E-state index in [1.165, 1.54) is 4.90 Å². The topological polar surface area (TPSA) is 62.3 Å². The van der Waals surface area contributed by atoms with Crippen molar-refractivity contribution >= 4 is 11.8 Å². The van der Waals surface area contributed by atoms with Crippen molar-refractivity contribution in [2.45, 2.75) is 44.1 Å². The highest BCUT2D eigenvalue weighted by Gasteiger charge is 2.41. The SMILES string of the molecule is O=C(NC1CC1)[C@H]1Cc2ccccc2CN1C(=O)c1ncccc1C(F)(F)F. The Balaban J connectivity index is 1.71. The number of amides is 2. The maximum absolute atomic E-state index is 13.4. The van der Waals surface area contributed by atoms with Gasteiger partial charge in [-0.05, 0) is 36.1 Å². The molecule has 0 unspecified atom stereocenters. The van der Waals surface area contributed by atoms with E-state index in [0.29, 0.717) is 0 Å². The molecule has 146 valence electrons. The second-order valence-electron chi connectivity index (χ2n) is 7.10. The number of benzene rings is 1. The lowest BCUT2D eigenvalue weighted by atomic mass is 9.92. The van der Waals surface area contributed by atoms with Crippen molar-refractivity contribution in [1.29, 1.82) is 0 Å². The molecule has 0 bridgehead atoms. The molecule has 4 rings (SSSR count). The number of halogens is 3. The first-order chi connectivity index (χ1) is 13.3. The zero-order valence-electron chi connectivity index (χ0n) is 14.9. The number of aromatic nitrogens is 1. The number of carbonyl (C=O) groups excluding carboxylic acids is 2. The highest BCUT2D eigenvalue weighted by atomic mass is 19.4. The van der Waals surface area contributed by atoms with Gasteiger partial charge >= 0.3 is 6.18 Å². The minimum Gasteiger partial charge on any atom is -0.352 e. The number of carbonyl (C=O) groups is 2. The molecular formula is C20H18F3N3O2. The maximum Gasteiger partial charge on any atom is 0.418 e. The standard InChI is InChI=1S/C20H18F3N3O2/c21-20(22,23)15-6-3-9-24-17(15)19(28)26-11-13-5-2-1-4-12(13)10-16(26)18(27)25-14-7-8-14/h1-6,9,14,16H,7-8,10-11H2,(H,25,27)/t16-/m1/s1. The molecule has 8 heteroatoms. The second kappa shape index (κ2) is 6.92. The summed E-state index contributed by atoms with van der Waals surface area (Å²) in [6.45, 7) is 0.0611. The summed E-state index contributed by atoms with van der Waals surface area (Å²) < 4.78 is 40.1. The summed E-state index contributed by atoms with van der Waals surface area (Å²) in [5.41, 5.74) is -0.0470. The summed E-state index contributed by atoms with van der Waals surface area (Å²) in [5.74, 6) is -1.23. The molecule has 2 aromatic rings. The van der Waals surface area contributed by atoms with Gasteiger partial charge in [0.15, 0.2) is 0 Å². The van der Waals surface area contributed by atoms with E-state index < -0.39 is 29.4 Å². The number of fused-ring (bicyclic) bond motifs is 1. The van der Waals surface area contributed by atoms with Crippen LogP contribution in [-0.2, 0) is 23.9 Å². The molecule has 1 aliphatic heterocycles. The zero-order chi connectivity index (χ0) is 19.9. The Morgan fingerprint density at radius 1 is 1.07 bits per heavy atom. The lowest BCUT2D eigenvalue weighted by Crippen LogP contribution is -2.53. The average molecular weight is 389 g/mol. The number of nitrogens with zero attached hydrogens (tertiary/aromatic N) is 2. The first kappa shape index (κ1) is 18.5. The van der Waals surface area contributed by atoms with E-state index in [2.05, 4.69) is 10.3 Å². The van der Waals surface area contributed by atoms with Gasteiger partial charge in [0.05, 0.1) is 5.56 Å². The third-order valence-electron chi connectivity index (χ3n) is 5.05. The fraction of sp³-hybridized carbons (Fsp3) is 0.350. The van der Waals surface area contributed by atoms with Crippen LogP contribution in [0.2, 0.25) is 0 Å². The van der Waals surface area contributed by atoms with Crippen LogP contribution < -0.4 is 5.32 Å². The Bertz CT molecular complexity index is 925. The van der Waals surface area contributed by atoms with Gasteiger partial charge in [-0.1, -0.05) is 24.3 Å². The van der Waals surface area contributed by atoms with Gasteiger partial charge in [0, 0.05) is 25.2 Å². The Hall–Kier alpha value is -2.90. The van der Waals surface area contributed by atoms with Gasteiger partial charge in [-0.15, -0.1) is 0 Å². The molecule has 5 nitrogen and oxygen atoms in total. The van der Waals surface area contributed by atoms with Gasteiger partial charge in [0.1, 0.15) is 11.7 Å². The largest absolute Gasteiger partial charge is 0.418 e. The van der Waals surface area contributed by atoms with Crippen molar-refractivity contribution in [3.63, 3.8) is 0 Å². The summed E-state index contributed by atoms with van der Waals surface area (Å²) in [7, 11) is 0. The molecule has 1 fully saturated rings. The number of alkyl halides is 3. The minimum atomic E-state index is -4.71. The Morgan fingerprint density at radius 3 is 2.46 bits per heavy atom. The summed E-state index contributed by atoms with van der Waals surface area (Å²) in [6, 6.07) is 8.51. The van der Waals surface area contributed by atoms with E-state index in [0.717, 1.165) is 42.3 Å². The molecule has 2 amide bonds. The van der Waals surface area contributed by atoms with Gasteiger partial charge in [-0.25, -0.2) is 0 Å². The Kier molecular flexibility index (Phi) is 4.56. The molecule has 0 radical (unpaired) electrons. The van der Waals surface area contributed by atoms with Crippen molar-refractivity contribution in [2.75, 3.05) is 0 Å². The molecule has 1 saturated carbocycles. The molecule has 28 heavy (non-hydrogen) atoms. The molecule has 2 heterocycles. The van der Waals surface area contributed by atoms with Crippen LogP contribution in [0.15, 0.2) is 42.6 Å². The number of nitrogens with one attached hydrogen (secondary N) is 1. The van der Waals surface area contributed by atoms with Crippen LogP contribution in [-0.4, -0.2) is 33.8 Å². The number of rotatable bonds is 3. The molecular weight excluding hydrogens is 371 g/mol. The Labute approximate surface area is 159 Å². The van der Waals surface area contributed by atoms with Crippen LogP contribution in [0.25, 0.3) is 0 Å². The molecule has 2 aliphatic rings. The van der Waals surface area contributed by atoms with Gasteiger partial charge in [-0.2, -0.15) is 13.2 Å². The normalized spacial score (nSPS) is 19.1. The average Bonchev–Trinajstić information content (AvgIpc) is 3.49. The summed E-state index contributed by atoms with van der Waals surface area (Å²) in [6.07, 6.45) is -1.55. The van der Waals surface area contributed by atoms with Crippen molar-refractivity contribution < 1.29 is 22.8 Å². The maximum atomic E-state index is 13.4. The summed E-state index contributed by atoms with van der Waals surface area (Å²) in [5, 5.41) is 2.86. The smallest absolute Gasteiger partial charge is 0.352 e. The fourth-order valence-electron chi connectivity index (χ4n) is 3.44. The van der Waals surface area contributed by atoms with Gasteiger partial charge in [0.2, 0.25) is 5.91 Å². The molecule has 1 aromatic carbocycles. The van der Waals surface area contributed by atoms with Crippen LogP contribution in [0.3, 0.4) is 0 Å². The van der Waals surface area contributed by atoms with Crippen molar-refractivity contribution in [3.05, 3.63) is 65.0 Å².